The molecule has 2 aromatic carbocycles. The van der Waals surface area contributed by atoms with Gasteiger partial charge in [0.2, 0.25) is 0 Å². The molecule has 0 fully saturated rings. The first kappa shape index (κ1) is 14.8. The van der Waals surface area contributed by atoms with Crippen LogP contribution in [0.25, 0.3) is 6.08 Å². The molecule has 0 saturated heterocycles. The first-order chi connectivity index (χ1) is 10.5. The van der Waals surface area contributed by atoms with E-state index < -0.39 is 5.82 Å². The van der Waals surface area contributed by atoms with Crippen LogP contribution in [0.2, 0.25) is 10.0 Å². The number of aliphatic imine (C=N–C) groups is 1. The molecule has 1 aliphatic rings. The van der Waals surface area contributed by atoms with Gasteiger partial charge in [0.25, 0.3) is 5.91 Å². The zero-order valence-electron chi connectivity index (χ0n) is 11.1. The summed E-state index contributed by atoms with van der Waals surface area (Å²) >= 11 is 11.8. The lowest BCUT2D eigenvalue weighted by molar-refractivity contribution is -0.115. The van der Waals surface area contributed by atoms with Crippen molar-refractivity contribution < 1.29 is 9.18 Å². The van der Waals surface area contributed by atoms with Crippen molar-refractivity contribution in [2.75, 3.05) is 0 Å². The van der Waals surface area contributed by atoms with E-state index in [4.69, 9.17) is 23.2 Å². The number of nitrogens with one attached hydrogen (secondary N) is 1. The Labute approximate surface area is 136 Å². The Kier molecular flexibility index (Phi) is 3.96. The van der Waals surface area contributed by atoms with E-state index in [2.05, 4.69) is 10.3 Å². The Hall–Kier alpha value is -2.17. The molecule has 22 heavy (non-hydrogen) atoms. The number of amides is 1. The molecule has 3 rings (SSSR count). The summed E-state index contributed by atoms with van der Waals surface area (Å²) in [6.07, 6.45) is 1.59. The molecular formula is C16H9Cl2FN2O. The van der Waals surface area contributed by atoms with Crippen molar-refractivity contribution >= 4 is 41.0 Å². The smallest absolute Gasteiger partial charge is 0.275 e. The minimum atomic E-state index is -0.392. The van der Waals surface area contributed by atoms with Gasteiger partial charge in [-0.25, -0.2) is 9.38 Å². The lowest BCUT2D eigenvalue weighted by atomic mass is 10.2. The maximum atomic E-state index is 13.2. The highest BCUT2D eigenvalue weighted by Gasteiger charge is 2.21. The third-order valence-electron chi connectivity index (χ3n) is 3.04. The molecule has 2 aromatic rings. The van der Waals surface area contributed by atoms with Crippen molar-refractivity contribution in [3.05, 3.63) is 75.2 Å². The van der Waals surface area contributed by atoms with Crippen LogP contribution in [0.3, 0.4) is 0 Å². The minimum Gasteiger partial charge on any atom is -0.305 e. The summed E-state index contributed by atoms with van der Waals surface area (Å²) in [6.45, 7) is 0. The molecule has 1 N–H and O–H groups in total. The fourth-order valence-electron chi connectivity index (χ4n) is 2.00. The van der Waals surface area contributed by atoms with Gasteiger partial charge in [0.15, 0.2) is 0 Å². The van der Waals surface area contributed by atoms with Gasteiger partial charge in [0, 0.05) is 5.56 Å². The van der Waals surface area contributed by atoms with Crippen LogP contribution in [0.4, 0.5) is 4.39 Å². The molecule has 0 radical (unpaired) electrons. The second kappa shape index (κ2) is 5.91. The Balaban J connectivity index is 1.95. The molecule has 0 atom stereocenters. The van der Waals surface area contributed by atoms with E-state index in [-0.39, 0.29) is 11.6 Å². The fraction of sp³-hybridized carbons (Fsp3) is 0. The van der Waals surface area contributed by atoms with E-state index >= 15 is 0 Å². The first-order valence-corrected chi connectivity index (χ1v) is 7.11. The van der Waals surface area contributed by atoms with E-state index in [0.29, 0.717) is 27.0 Å². The van der Waals surface area contributed by atoms with E-state index in [0.717, 1.165) is 0 Å². The van der Waals surface area contributed by atoms with Gasteiger partial charge in [0.05, 0.1) is 10.0 Å². The Morgan fingerprint density at radius 1 is 1.09 bits per heavy atom. The van der Waals surface area contributed by atoms with Crippen LogP contribution in [-0.4, -0.2) is 11.7 Å². The van der Waals surface area contributed by atoms with Crippen molar-refractivity contribution in [3.8, 4) is 0 Å². The van der Waals surface area contributed by atoms with E-state index in [9.17, 15) is 9.18 Å². The molecule has 0 aliphatic carbocycles. The van der Waals surface area contributed by atoms with E-state index in [1.54, 1.807) is 36.4 Å². The molecule has 0 saturated carbocycles. The third-order valence-corrected chi connectivity index (χ3v) is 3.78. The molecule has 0 unspecified atom stereocenters. The molecule has 1 amide bonds. The molecule has 3 nitrogen and oxygen atoms in total. The second-order valence-corrected chi connectivity index (χ2v) is 5.44. The molecule has 1 heterocycles. The van der Waals surface area contributed by atoms with Gasteiger partial charge in [0.1, 0.15) is 17.3 Å². The standard InChI is InChI=1S/C16H9Cl2FN2O/c17-12-5-4-9(6-13(12)18)7-14-16(22)21-15(20-14)10-2-1-3-11(19)8-10/h1-8H,(H,20,21,22)/b14-7+. The summed E-state index contributed by atoms with van der Waals surface area (Å²) in [4.78, 5) is 16.2. The van der Waals surface area contributed by atoms with Gasteiger partial charge in [-0.15, -0.1) is 0 Å². The predicted octanol–water partition coefficient (Wildman–Crippen LogP) is 4.05. The monoisotopic (exact) mass is 334 g/mol. The van der Waals surface area contributed by atoms with Crippen molar-refractivity contribution in [2.45, 2.75) is 0 Å². The minimum absolute atomic E-state index is 0.220. The molecular weight excluding hydrogens is 326 g/mol. The van der Waals surface area contributed by atoms with Gasteiger partial charge in [-0.3, -0.25) is 4.79 Å². The SMILES string of the molecule is O=C1NC(c2cccc(F)c2)=N/C1=C/c1ccc(Cl)c(Cl)c1. The van der Waals surface area contributed by atoms with Crippen LogP contribution in [-0.2, 0) is 4.79 Å². The van der Waals surface area contributed by atoms with Crippen molar-refractivity contribution in [1.82, 2.24) is 5.32 Å². The number of hydrogen-bond acceptors (Lipinski definition) is 2. The van der Waals surface area contributed by atoms with Crippen molar-refractivity contribution in [3.63, 3.8) is 0 Å². The molecule has 0 bridgehead atoms. The summed E-state index contributed by atoms with van der Waals surface area (Å²) in [7, 11) is 0. The summed E-state index contributed by atoms with van der Waals surface area (Å²) in [5.41, 5.74) is 1.42. The predicted molar refractivity (Wildman–Crippen MR) is 85.5 cm³/mol. The van der Waals surface area contributed by atoms with Crippen molar-refractivity contribution in [2.24, 2.45) is 4.99 Å². The quantitative estimate of drug-likeness (QED) is 0.827. The van der Waals surface area contributed by atoms with Gasteiger partial charge in [-0.05, 0) is 35.9 Å². The zero-order chi connectivity index (χ0) is 15.7. The number of carbonyl (C=O) groups excluding carboxylic acids is 1. The average Bonchev–Trinajstić information content (AvgIpc) is 2.84. The summed E-state index contributed by atoms with van der Waals surface area (Å²) in [6, 6.07) is 10.9. The number of hydrogen-bond donors (Lipinski definition) is 1. The largest absolute Gasteiger partial charge is 0.305 e. The molecule has 110 valence electrons. The highest BCUT2D eigenvalue weighted by Crippen LogP contribution is 2.24. The van der Waals surface area contributed by atoms with Gasteiger partial charge in [-0.1, -0.05) is 41.4 Å². The van der Waals surface area contributed by atoms with Crippen LogP contribution < -0.4 is 5.32 Å². The summed E-state index contributed by atoms with van der Waals surface area (Å²) in [5.74, 6) is -0.433. The third kappa shape index (κ3) is 3.03. The van der Waals surface area contributed by atoms with Crippen molar-refractivity contribution in [1.29, 1.82) is 0 Å². The first-order valence-electron chi connectivity index (χ1n) is 6.36. The van der Waals surface area contributed by atoms with Crippen LogP contribution >= 0.6 is 23.2 Å². The number of rotatable bonds is 2. The highest BCUT2D eigenvalue weighted by molar-refractivity contribution is 6.42. The van der Waals surface area contributed by atoms with E-state index in [1.807, 2.05) is 0 Å². The lowest BCUT2D eigenvalue weighted by Crippen LogP contribution is -2.24. The zero-order valence-corrected chi connectivity index (χ0v) is 12.6. The number of amidine groups is 1. The maximum Gasteiger partial charge on any atom is 0.275 e. The second-order valence-electron chi connectivity index (χ2n) is 4.63. The van der Waals surface area contributed by atoms with Gasteiger partial charge >= 0.3 is 0 Å². The number of halogens is 3. The number of carbonyl (C=O) groups is 1. The summed E-state index contributed by atoms with van der Waals surface area (Å²) < 4.78 is 13.2. The van der Waals surface area contributed by atoms with Crippen LogP contribution in [0.15, 0.2) is 53.2 Å². The maximum absolute atomic E-state index is 13.2. The Bertz CT molecular complexity index is 831. The lowest BCUT2D eigenvalue weighted by Gasteiger charge is -1.99. The number of benzene rings is 2. The van der Waals surface area contributed by atoms with Crippen LogP contribution in [0, 0.1) is 5.82 Å². The molecule has 6 heteroatoms. The van der Waals surface area contributed by atoms with Gasteiger partial charge in [-0.2, -0.15) is 0 Å². The number of nitrogens with zero attached hydrogens (tertiary/aromatic N) is 1. The molecule has 1 aliphatic heterocycles. The summed E-state index contributed by atoms with van der Waals surface area (Å²) in [5, 5.41) is 3.44. The van der Waals surface area contributed by atoms with E-state index in [1.165, 1.54) is 12.1 Å². The topological polar surface area (TPSA) is 41.5 Å². The average molecular weight is 335 g/mol. The van der Waals surface area contributed by atoms with Crippen LogP contribution in [0.1, 0.15) is 11.1 Å². The molecule has 0 spiro atoms. The Morgan fingerprint density at radius 2 is 1.91 bits per heavy atom. The van der Waals surface area contributed by atoms with Gasteiger partial charge < -0.3 is 5.32 Å². The normalized spacial score (nSPS) is 15.9. The fourth-order valence-corrected chi connectivity index (χ4v) is 2.31. The van der Waals surface area contributed by atoms with Crippen LogP contribution in [0.5, 0.6) is 0 Å². The Morgan fingerprint density at radius 3 is 2.64 bits per heavy atom. The molecule has 0 aromatic heterocycles. The highest BCUT2D eigenvalue weighted by atomic mass is 35.5.